The van der Waals surface area contributed by atoms with E-state index in [1.807, 2.05) is 0 Å². The maximum atomic E-state index is 2.30. The van der Waals surface area contributed by atoms with Crippen molar-refractivity contribution in [3.8, 4) is 0 Å². The van der Waals surface area contributed by atoms with Crippen molar-refractivity contribution in [2.45, 2.75) is 52.4 Å². The second-order valence-corrected chi connectivity index (χ2v) is 5.75. The topological polar surface area (TPSA) is 0 Å². The summed E-state index contributed by atoms with van der Waals surface area (Å²) in [7, 11) is 0. The van der Waals surface area contributed by atoms with Gasteiger partial charge in [0.2, 0.25) is 0 Å². The van der Waals surface area contributed by atoms with Gasteiger partial charge in [0.1, 0.15) is 0 Å². The summed E-state index contributed by atoms with van der Waals surface area (Å²) in [6, 6.07) is 17.8. The summed E-state index contributed by atoms with van der Waals surface area (Å²) in [6.07, 6.45) is 7.63. The molecule has 0 unspecified atom stereocenters. The second kappa shape index (κ2) is 7.89. The molecule has 0 saturated carbocycles. The molecule has 2 aromatic carbocycles. The fourth-order valence-corrected chi connectivity index (χ4v) is 2.76. The highest BCUT2D eigenvalue weighted by atomic mass is 14.1. The van der Waals surface area contributed by atoms with Gasteiger partial charge in [-0.3, -0.25) is 0 Å². The Morgan fingerprint density at radius 1 is 0.800 bits per heavy atom. The van der Waals surface area contributed by atoms with E-state index in [0.29, 0.717) is 0 Å². The molecule has 0 heteroatoms. The minimum atomic E-state index is 1.06. The van der Waals surface area contributed by atoms with Gasteiger partial charge in [-0.15, -0.1) is 0 Å². The Labute approximate surface area is 123 Å². The molecule has 0 aliphatic rings. The van der Waals surface area contributed by atoms with E-state index in [1.54, 1.807) is 0 Å². The van der Waals surface area contributed by atoms with E-state index in [4.69, 9.17) is 0 Å². The summed E-state index contributed by atoms with van der Waals surface area (Å²) < 4.78 is 0. The highest BCUT2D eigenvalue weighted by molar-refractivity contribution is 5.34. The van der Waals surface area contributed by atoms with E-state index in [1.165, 1.54) is 54.4 Å². The van der Waals surface area contributed by atoms with Crippen LogP contribution < -0.4 is 0 Å². The zero-order valence-electron chi connectivity index (χ0n) is 12.9. The first-order valence-electron chi connectivity index (χ1n) is 7.92. The maximum absolute atomic E-state index is 2.30. The molecule has 2 aromatic rings. The van der Waals surface area contributed by atoms with Crippen LogP contribution in [0.3, 0.4) is 0 Å². The van der Waals surface area contributed by atoms with Crippen molar-refractivity contribution >= 4 is 0 Å². The molecule has 0 saturated heterocycles. The Bertz CT molecular complexity index is 525. The van der Waals surface area contributed by atoms with Gasteiger partial charge in [0.25, 0.3) is 0 Å². The molecular formula is C20H26. The van der Waals surface area contributed by atoms with Crippen LogP contribution in [0.25, 0.3) is 0 Å². The van der Waals surface area contributed by atoms with Crippen LogP contribution in [0.5, 0.6) is 0 Å². The average Bonchev–Trinajstić information content (AvgIpc) is 2.45. The van der Waals surface area contributed by atoms with Crippen LogP contribution in [-0.4, -0.2) is 0 Å². The summed E-state index contributed by atoms with van der Waals surface area (Å²) in [5, 5.41) is 0. The Balaban J connectivity index is 2.03. The third kappa shape index (κ3) is 4.52. The molecule has 0 amide bonds. The van der Waals surface area contributed by atoms with Crippen LogP contribution in [0.15, 0.2) is 48.5 Å². The molecule has 2 rings (SSSR count). The Kier molecular flexibility index (Phi) is 5.86. The molecule has 20 heavy (non-hydrogen) atoms. The fraction of sp³-hybridized carbons (Fsp3) is 0.400. The maximum Gasteiger partial charge on any atom is -0.00229 e. The Morgan fingerprint density at radius 3 is 2.35 bits per heavy atom. The minimum Gasteiger partial charge on any atom is -0.0654 e. The zero-order chi connectivity index (χ0) is 14.2. The average molecular weight is 266 g/mol. The van der Waals surface area contributed by atoms with Gasteiger partial charge in [-0.05, 0) is 42.9 Å². The molecule has 0 N–H and O–H groups in total. The molecular weight excluding hydrogens is 240 g/mol. The standard InChI is InChI=1S/C20H26/c1-3-4-5-6-12-19-13-7-8-14-20(19)16-18-11-9-10-17(2)15-18/h7-11,13-15H,3-6,12,16H2,1-2H3. The lowest BCUT2D eigenvalue weighted by atomic mass is 9.95. The van der Waals surface area contributed by atoms with Crippen molar-refractivity contribution in [1.29, 1.82) is 0 Å². The number of hydrogen-bond acceptors (Lipinski definition) is 0. The lowest BCUT2D eigenvalue weighted by Crippen LogP contribution is -1.96. The Morgan fingerprint density at radius 2 is 1.60 bits per heavy atom. The van der Waals surface area contributed by atoms with Gasteiger partial charge in [0, 0.05) is 0 Å². The van der Waals surface area contributed by atoms with Crippen molar-refractivity contribution < 1.29 is 0 Å². The number of rotatable bonds is 7. The lowest BCUT2D eigenvalue weighted by molar-refractivity contribution is 0.665. The number of aryl methyl sites for hydroxylation is 2. The predicted octanol–water partition coefficient (Wildman–Crippen LogP) is 5.71. The molecule has 106 valence electrons. The van der Waals surface area contributed by atoms with Crippen LogP contribution >= 0.6 is 0 Å². The van der Waals surface area contributed by atoms with E-state index < -0.39 is 0 Å². The molecule has 0 aliphatic heterocycles. The monoisotopic (exact) mass is 266 g/mol. The molecule has 0 aromatic heterocycles. The van der Waals surface area contributed by atoms with Crippen molar-refractivity contribution in [2.75, 3.05) is 0 Å². The normalized spacial score (nSPS) is 10.7. The largest absolute Gasteiger partial charge is 0.0654 e. The van der Waals surface area contributed by atoms with Gasteiger partial charge in [-0.1, -0.05) is 80.3 Å². The van der Waals surface area contributed by atoms with E-state index in [2.05, 4.69) is 62.4 Å². The summed E-state index contributed by atoms with van der Waals surface area (Å²) in [4.78, 5) is 0. The van der Waals surface area contributed by atoms with E-state index in [9.17, 15) is 0 Å². The molecule has 0 heterocycles. The summed E-state index contributed by atoms with van der Waals surface area (Å²) in [6.45, 7) is 4.44. The van der Waals surface area contributed by atoms with E-state index in [-0.39, 0.29) is 0 Å². The number of hydrogen-bond donors (Lipinski definition) is 0. The zero-order valence-corrected chi connectivity index (χ0v) is 12.9. The van der Waals surface area contributed by atoms with Gasteiger partial charge in [0.05, 0.1) is 0 Å². The number of benzene rings is 2. The predicted molar refractivity (Wildman–Crippen MR) is 88.3 cm³/mol. The van der Waals surface area contributed by atoms with Crippen LogP contribution in [0.2, 0.25) is 0 Å². The van der Waals surface area contributed by atoms with Crippen LogP contribution in [0, 0.1) is 6.92 Å². The summed E-state index contributed by atoms with van der Waals surface area (Å²) in [5.74, 6) is 0. The van der Waals surface area contributed by atoms with Gasteiger partial charge >= 0.3 is 0 Å². The van der Waals surface area contributed by atoms with Gasteiger partial charge in [-0.25, -0.2) is 0 Å². The molecule has 0 nitrogen and oxygen atoms in total. The van der Waals surface area contributed by atoms with Crippen molar-refractivity contribution in [3.05, 3.63) is 70.8 Å². The first-order valence-corrected chi connectivity index (χ1v) is 7.92. The first-order chi connectivity index (χ1) is 9.79. The van der Waals surface area contributed by atoms with Crippen molar-refractivity contribution in [1.82, 2.24) is 0 Å². The van der Waals surface area contributed by atoms with Crippen molar-refractivity contribution in [3.63, 3.8) is 0 Å². The smallest absolute Gasteiger partial charge is 0.00229 e. The molecule has 0 radical (unpaired) electrons. The van der Waals surface area contributed by atoms with Crippen LogP contribution in [-0.2, 0) is 12.8 Å². The second-order valence-electron chi connectivity index (χ2n) is 5.75. The SMILES string of the molecule is CCCCCCc1ccccc1Cc1cccc(C)c1. The van der Waals surface area contributed by atoms with E-state index in [0.717, 1.165) is 6.42 Å². The third-order valence-corrected chi connectivity index (χ3v) is 3.90. The van der Waals surface area contributed by atoms with Crippen molar-refractivity contribution in [2.24, 2.45) is 0 Å². The molecule has 0 fully saturated rings. The number of unbranched alkanes of at least 4 members (excludes halogenated alkanes) is 3. The highest BCUT2D eigenvalue weighted by Gasteiger charge is 2.03. The molecule has 0 spiro atoms. The molecule has 0 atom stereocenters. The highest BCUT2D eigenvalue weighted by Crippen LogP contribution is 2.18. The Hall–Kier alpha value is -1.56. The quantitative estimate of drug-likeness (QED) is 0.563. The lowest BCUT2D eigenvalue weighted by Gasteiger charge is -2.10. The fourth-order valence-electron chi connectivity index (χ4n) is 2.76. The summed E-state index contributed by atoms with van der Waals surface area (Å²) >= 11 is 0. The molecule has 0 bridgehead atoms. The van der Waals surface area contributed by atoms with Crippen LogP contribution in [0.1, 0.15) is 54.9 Å². The van der Waals surface area contributed by atoms with E-state index >= 15 is 0 Å². The third-order valence-electron chi connectivity index (χ3n) is 3.90. The first kappa shape index (κ1) is 14.8. The molecule has 0 aliphatic carbocycles. The van der Waals surface area contributed by atoms with Gasteiger partial charge in [0.15, 0.2) is 0 Å². The van der Waals surface area contributed by atoms with Gasteiger partial charge in [-0.2, -0.15) is 0 Å². The minimum absolute atomic E-state index is 1.06. The van der Waals surface area contributed by atoms with Crippen LogP contribution in [0.4, 0.5) is 0 Å². The summed E-state index contributed by atoms with van der Waals surface area (Å²) in [5.41, 5.74) is 5.80. The van der Waals surface area contributed by atoms with Gasteiger partial charge < -0.3 is 0 Å².